The van der Waals surface area contributed by atoms with Gasteiger partial charge in [0.2, 0.25) is 0 Å². The number of nitrogens with one attached hydrogen (secondary N) is 1. The molecule has 1 saturated heterocycles. The lowest BCUT2D eigenvalue weighted by molar-refractivity contribution is -0.0262. The average Bonchev–Trinajstić information content (AvgIpc) is 2.68. The molecule has 0 aliphatic carbocycles. The maximum Gasteiger partial charge on any atom is 0.0889 e. The van der Waals surface area contributed by atoms with Crippen LogP contribution in [0.1, 0.15) is 11.5 Å². The van der Waals surface area contributed by atoms with Gasteiger partial charge in [0.05, 0.1) is 42.6 Å². The standard InChI is InChI=1S/C14H19Cl2NO3/c15-12-2-1-10(7-13(12)16)11-8-17-3-5-20-14(11)9-19-6-4-18/h1-2,7,11,14,17-18H,3-6,8-9H2. The molecule has 4 nitrogen and oxygen atoms in total. The Morgan fingerprint density at radius 3 is 2.95 bits per heavy atom. The van der Waals surface area contributed by atoms with E-state index in [1.54, 1.807) is 6.07 Å². The van der Waals surface area contributed by atoms with E-state index in [2.05, 4.69) is 5.32 Å². The second-order valence-corrected chi connectivity index (χ2v) is 5.51. The van der Waals surface area contributed by atoms with Gasteiger partial charge in [-0.1, -0.05) is 29.3 Å². The molecule has 0 bridgehead atoms. The van der Waals surface area contributed by atoms with Gasteiger partial charge in [-0.25, -0.2) is 0 Å². The van der Waals surface area contributed by atoms with E-state index in [0.29, 0.717) is 29.9 Å². The van der Waals surface area contributed by atoms with Crippen molar-refractivity contribution in [3.05, 3.63) is 33.8 Å². The summed E-state index contributed by atoms with van der Waals surface area (Å²) in [6.45, 7) is 3.04. The van der Waals surface area contributed by atoms with Crippen LogP contribution >= 0.6 is 23.2 Å². The Hall–Kier alpha value is -0.360. The number of hydrogen-bond acceptors (Lipinski definition) is 4. The van der Waals surface area contributed by atoms with Crippen LogP contribution in [-0.2, 0) is 9.47 Å². The summed E-state index contributed by atoms with van der Waals surface area (Å²) in [6.07, 6.45) is -0.0613. The monoisotopic (exact) mass is 319 g/mol. The van der Waals surface area contributed by atoms with E-state index in [1.807, 2.05) is 12.1 Å². The van der Waals surface area contributed by atoms with Crippen molar-refractivity contribution in [2.75, 3.05) is 39.5 Å². The normalized spacial score (nSPS) is 23.6. The summed E-state index contributed by atoms with van der Waals surface area (Å²) >= 11 is 12.1. The topological polar surface area (TPSA) is 50.7 Å². The number of hydrogen-bond donors (Lipinski definition) is 2. The summed E-state index contributed by atoms with van der Waals surface area (Å²) in [5.41, 5.74) is 1.08. The molecule has 1 aromatic carbocycles. The lowest BCUT2D eigenvalue weighted by Gasteiger charge is -2.25. The quantitative estimate of drug-likeness (QED) is 0.816. The first-order chi connectivity index (χ1) is 9.72. The van der Waals surface area contributed by atoms with E-state index >= 15 is 0 Å². The van der Waals surface area contributed by atoms with Crippen molar-refractivity contribution in [2.24, 2.45) is 0 Å². The lowest BCUT2D eigenvalue weighted by Crippen LogP contribution is -2.31. The number of halogens is 2. The maximum absolute atomic E-state index is 8.79. The number of aliphatic hydroxyl groups excluding tert-OH is 1. The van der Waals surface area contributed by atoms with Gasteiger partial charge >= 0.3 is 0 Å². The smallest absolute Gasteiger partial charge is 0.0889 e. The van der Waals surface area contributed by atoms with Crippen LogP contribution in [0.5, 0.6) is 0 Å². The van der Waals surface area contributed by atoms with Gasteiger partial charge < -0.3 is 19.9 Å². The van der Waals surface area contributed by atoms with E-state index in [4.69, 9.17) is 37.8 Å². The van der Waals surface area contributed by atoms with Crippen molar-refractivity contribution < 1.29 is 14.6 Å². The summed E-state index contributed by atoms with van der Waals surface area (Å²) in [5, 5.41) is 13.2. The number of aliphatic hydroxyl groups is 1. The molecule has 1 heterocycles. The van der Waals surface area contributed by atoms with Crippen LogP contribution < -0.4 is 5.32 Å². The van der Waals surface area contributed by atoms with Gasteiger partial charge in [0.25, 0.3) is 0 Å². The van der Waals surface area contributed by atoms with E-state index in [1.165, 1.54) is 0 Å². The summed E-state index contributed by atoms with van der Waals surface area (Å²) in [7, 11) is 0. The summed E-state index contributed by atoms with van der Waals surface area (Å²) < 4.78 is 11.3. The van der Waals surface area contributed by atoms with Gasteiger partial charge in [0.1, 0.15) is 0 Å². The van der Waals surface area contributed by atoms with E-state index in [0.717, 1.165) is 18.7 Å². The predicted octanol–water partition coefficient (Wildman–Crippen LogP) is 2.07. The molecule has 2 unspecified atom stereocenters. The van der Waals surface area contributed by atoms with Crippen molar-refractivity contribution >= 4 is 23.2 Å². The number of ether oxygens (including phenoxy) is 2. The molecule has 1 aliphatic rings. The van der Waals surface area contributed by atoms with Crippen LogP contribution in [0.2, 0.25) is 10.0 Å². The molecule has 20 heavy (non-hydrogen) atoms. The summed E-state index contributed by atoms with van der Waals surface area (Å²) in [4.78, 5) is 0. The third-order valence-corrected chi connectivity index (χ3v) is 4.05. The third-order valence-electron chi connectivity index (χ3n) is 3.31. The second-order valence-electron chi connectivity index (χ2n) is 4.69. The van der Waals surface area contributed by atoms with Crippen LogP contribution in [0, 0.1) is 0 Å². The molecular weight excluding hydrogens is 301 g/mol. The Kier molecular flexibility index (Phi) is 6.55. The third kappa shape index (κ3) is 4.32. The molecule has 2 N–H and O–H groups in total. The lowest BCUT2D eigenvalue weighted by atomic mass is 9.93. The fourth-order valence-corrected chi connectivity index (χ4v) is 2.60. The van der Waals surface area contributed by atoms with E-state index < -0.39 is 0 Å². The Labute approximate surface area is 129 Å². The fraction of sp³-hybridized carbons (Fsp3) is 0.571. The van der Waals surface area contributed by atoms with Gasteiger partial charge in [-0.15, -0.1) is 0 Å². The van der Waals surface area contributed by atoms with Gasteiger partial charge in [0.15, 0.2) is 0 Å². The molecule has 1 aliphatic heterocycles. The highest BCUT2D eigenvalue weighted by atomic mass is 35.5. The fourth-order valence-electron chi connectivity index (χ4n) is 2.29. The maximum atomic E-state index is 8.79. The second kappa shape index (κ2) is 8.17. The van der Waals surface area contributed by atoms with Crippen molar-refractivity contribution in [1.29, 1.82) is 0 Å². The number of benzene rings is 1. The van der Waals surface area contributed by atoms with E-state index in [9.17, 15) is 0 Å². The highest BCUT2D eigenvalue weighted by molar-refractivity contribution is 6.42. The zero-order valence-electron chi connectivity index (χ0n) is 11.1. The highest BCUT2D eigenvalue weighted by Gasteiger charge is 2.26. The van der Waals surface area contributed by atoms with Crippen molar-refractivity contribution in [1.82, 2.24) is 5.32 Å². The van der Waals surface area contributed by atoms with Gasteiger partial charge in [-0.2, -0.15) is 0 Å². The molecule has 6 heteroatoms. The summed E-state index contributed by atoms with van der Waals surface area (Å²) in [6, 6.07) is 5.65. The molecule has 2 atom stereocenters. The van der Waals surface area contributed by atoms with Crippen molar-refractivity contribution in [3.8, 4) is 0 Å². The first-order valence-electron chi connectivity index (χ1n) is 6.68. The molecule has 0 radical (unpaired) electrons. The number of rotatable bonds is 5. The van der Waals surface area contributed by atoms with Crippen molar-refractivity contribution in [3.63, 3.8) is 0 Å². The van der Waals surface area contributed by atoms with Crippen molar-refractivity contribution in [2.45, 2.75) is 12.0 Å². The molecule has 1 aromatic rings. The Bertz CT molecular complexity index is 431. The molecule has 0 saturated carbocycles. The van der Waals surface area contributed by atoms with E-state index in [-0.39, 0.29) is 18.6 Å². The highest BCUT2D eigenvalue weighted by Crippen LogP contribution is 2.29. The van der Waals surface area contributed by atoms with Crippen LogP contribution in [0.4, 0.5) is 0 Å². The minimum atomic E-state index is -0.0613. The minimum absolute atomic E-state index is 0.0163. The summed E-state index contributed by atoms with van der Waals surface area (Å²) in [5.74, 6) is 0.144. The Morgan fingerprint density at radius 1 is 1.35 bits per heavy atom. The Morgan fingerprint density at radius 2 is 2.20 bits per heavy atom. The van der Waals surface area contributed by atoms with Crippen LogP contribution in [-0.4, -0.2) is 50.7 Å². The average molecular weight is 320 g/mol. The molecule has 1 fully saturated rings. The zero-order chi connectivity index (χ0) is 14.4. The molecule has 2 rings (SSSR count). The predicted molar refractivity (Wildman–Crippen MR) is 79.7 cm³/mol. The molecule has 112 valence electrons. The molecule has 0 spiro atoms. The Balaban J connectivity index is 2.12. The zero-order valence-corrected chi connectivity index (χ0v) is 12.7. The van der Waals surface area contributed by atoms with Gasteiger partial charge in [-0.3, -0.25) is 0 Å². The molecule has 0 aromatic heterocycles. The minimum Gasteiger partial charge on any atom is -0.394 e. The molecule has 0 amide bonds. The first-order valence-corrected chi connectivity index (χ1v) is 7.44. The van der Waals surface area contributed by atoms with Gasteiger partial charge in [0, 0.05) is 19.0 Å². The first kappa shape index (κ1) is 16.0. The van der Waals surface area contributed by atoms with Crippen LogP contribution in [0.3, 0.4) is 0 Å². The largest absolute Gasteiger partial charge is 0.394 e. The SMILES string of the molecule is OCCOCC1OCCNCC1c1ccc(Cl)c(Cl)c1. The van der Waals surface area contributed by atoms with Crippen LogP contribution in [0.25, 0.3) is 0 Å². The van der Waals surface area contributed by atoms with Gasteiger partial charge in [-0.05, 0) is 17.7 Å². The molecular formula is C14H19Cl2NO3. The van der Waals surface area contributed by atoms with Crippen LogP contribution in [0.15, 0.2) is 18.2 Å².